The van der Waals surface area contributed by atoms with Gasteiger partial charge in [0, 0.05) is 18.2 Å². The highest BCUT2D eigenvalue weighted by atomic mass is 16.5. The van der Waals surface area contributed by atoms with Gasteiger partial charge in [0.25, 0.3) is 0 Å². The Bertz CT molecular complexity index is 395. The van der Waals surface area contributed by atoms with Gasteiger partial charge in [-0.05, 0) is 19.4 Å². The number of rotatable bonds is 5. The largest absolute Gasteiger partial charge is 0.481 e. The van der Waals surface area contributed by atoms with Gasteiger partial charge in [-0.15, -0.1) is 0 Å². The zero-order chi connectivity index (χ0) is 12.8. The second-order valence-corrected chi connectivity index (χ2v) is 3.97. The summed E-state index contributed by atoms with van der Waals surface area (Å²) in [4.78, 5) is 19.7. The van der Waals surface area contributed by atoms with Gasteiger partial charge in [0.1, 0.15) is 0 Å². The van der Waals surface area contributed by atoms with Crippen LogP contribution in [0.3, 0.4) is 0 Å². The summed E-state index contributed by atoms with van der Waals surface area (Å²) in [5.41, 5.74) is 6.19. The van der Waals surface area contributed by atoms with Gasteiger partial charge in [-0.1, -0.05) is 6.92 Å². The molecule has 6 nitrogen and oxygen atoms in total. The van der Waals surface area contributed by atoms with E-state index in [4.69, 9.17) is 10.5 Å². The summed E-state index contributed by atoms with van der Waals surface area (Å²) < 4.78 is 5.00. The van der Waals surface area contributed by atoms with Crippen molar-refractivity contribution in [1.82, 2.24) is 9.97 Å². The van der Waals surface area contributed by atoms with Gasteiger partial charge in [-0.3, -0.25) is 10.1 Å². The summed E-state index contributed by atoms with van der Waals surface area (Å²) in [5, 5.41) is 2.63. The third-order valence-electron chi connectivity index (χ3n) is 2.23. The van der Waals surface area contributed by atoms with Crippen molar-refractivity contribution in [2.45, 2.75) is 20.3 Å². The maximum Gasteiger partial charge on any atom is 0.232 e. The van der Waals surface area contributed by atoms with Gasteiger partial charge >= 0.3 is 0 Å². The molecule has 1 amide bonds. The highest BCUT2D eigenvalue weighted by Crippen LogP contribution is 2.11. The fourth-order valence-corrected chi connectivity index (χ4v) is 1.28. The fourth-order valence-electron chi connectivity index (χ4n) is 1.28. The average molecular weight is 238 g/mol. The summed E-state index contributed by atoms with van der Waals surface area (Å²) in [6.07, 6.45) is 0.357. The topological polar surface area (TPSA) is 90.1 Å². The van der Waals surface area contributed by atoms with Crippen LogP contribution in [0.4, 0.5) is 5.95 Å². The Morgan fingerprint density at radius 2 is 2.29 bits per heavy atom. The molecule has 0 aliphatic carbocycles. The van der Waals surface area contributed by atoms with Gasteiger partial charge in [-0.25, -0.2) is 4.98 Å². The number of hydrogen-bond donors (Lipinski definition) is 2. The Morgan fingerprint density at radius 1 is 1.59 bits per heavy atom. The number of carbonyl (C=O) groups is 1. The van der Waals surface area contributed by atoms with E-state index in [1.54, 1.807) is 6.07 Å². The third kappa shape index (κ3) is 4.36. The highest BCUT2D eigenvalue weighted by molar-refractivity contribution is 5.89. The molecule has 0 saturated carbocycles. The van der Waals surface area contributed by atoms with E-state index in [1.807, 2.05) is 13.8 Å². The number of nitrogens with one attached hydrogen (secondary N) is 1. The Balaban J connectivity index is 2.67. The first-order valence-corrected chi connectivity index (χ1v) is 5.44. The lowest BCUT2D eigenvalue weighted by Gasteiger charge is -2.09. The summed E-state index contributed by atoms with van der Waals surface area (Å²) in [6.45, 7) is 4.20. The molecule has 3 N–H and O–H groups in total. The Labute approximate surface area is 101 Å². The molecule has 0 aliphatic rings. The van der Waals surface area contributed by atoms with Crippen molar-refractivity contribution in [3.05, 3.63) is 11.8 Å². The van der Waals surface area contributed by atoms with Crippen LogP contribution in [0.1, 0.15) is 19.0 Å². The van der Waals surface area contributed by atoms with Crippen molar-refractivity contribution < 1.29 is 9.53 Å². The molecule has 1 heterocycles. The smallest absolute Gasteiger partial charge is 0.232 e. The van der Waals surface area contributed by atoms with Gasteiger partial charge in [0.2, 0.25) is 17.7 Å². The van der Waals surface area contributed by atoms with Crippen LogP contribution in [-0.4, -0.2) is 29.5 Å². The maximum atomic E-state index is 11.6. The number of nitrogens with zero attached hydrogens (tertiary/aromatic N) is 2. The number of aryl methyl sites for hydroxylation is 1. The Hall–Kier alpha value is -1.69. The molecule has 0 radical (unpaired) electrons. The molecule has 0 aliphatic heterocycles. The molecule has 1 aromatic heterocycles. The van der Waals surface area contributed by atoms with Crippen LogP contribution in [0.2, 0.25) is 0 Å². The van der Waals surface area contributed by atoms with Crippen LogP contribution in [0.5, 0.6) is 5.88 Å². The van der Waals surface area contributed by atoms with E-state index >= 15 is 0 Å². The quantitative estimate of drug-likeness (QED) is 0.788. The SMILES string of the molecule is COc1cc(C)nc(NC(=O)CC(C)CN)n1. The number of amides is 1. The van der Waals surface area contributed by atoms with Gasteiger partial charge in [-0.2, -0.15) is 4.98 Å². The number of ether oxygens (including phenoxy) is 1. The summed E-state index contributed by atoms with van der Waals surface area (Å²) in [7, 11) is 1.52. The monoisotopic (exact) mass is 238 g/mol. The van der Waals surface area contributed by atoms with E-state index in [0.717, 1.165) is 5.69 Å². The van der Waals surface area contributed by atoms with Gasteiger partial charge < -0.3 is 10.5 Å². The van der Waals surface area contributed by atoms with Crippen LogP contribution in [0, 0.1) is 12.8 Å². The van der Waals surface area contributed by atoms with Crippen molar-refractivity contribution in [3.63, 3.8) is 0 Å². The Morgan fingerprint density at radius 3 is 2.88 bits per heavy atom. The maximum absolute atomic E-state index is 11.6. The molecular weight excluding hydrogens is 220 g/mol. The van der Waals surface area contributed by atoms with E-state index in [-0.39, 0.29) is 17.8 Å². The first-order valence-electron chi connectivity index (χ1n) is 5.44. The van der Waals surface area contributed by atoms with E-state index in [2.05, 4.69) is 15.3 Å². The molecule has 1 unspecified atom stereocenters. The molecule has 0 spiro atoms. The number of carbonyl (C=O) groups excluding carboxylic acids is 1. The van der Waals surface area contributed by atoms with E-state index in [0.29, 0.717) is 18.8 Å². The van der Waals surface area contributed by atoms with Gasteiger partial charge in [0.05, 0.1) is 7.11 Å². The van der Waals surface area contributed by atoms with Crippen LogP contribution >= 0.6 is 0 Å². The lowest BCUT2D eigenvalue weighted by molar-refractivity contribution is -0.116. The second kappa shape index (κ2) is 6.15. The lowest BCUT2D eigenvalue weighted by atomic mass is 10.1. The molecule has 6 heteroatoms. The molecule has 94 valence electrons. The minimum Gasteiger partial charge on any atom is -0.481 e. The molecule has 0 aromatic carbocycles. The minimum absolute atomic E-state index is 0.140. The third-order valence-corrected chi connectivity index (χ3v) is 2.23. The minimum atomic E-state index is -0.143. The number of anilines is 1. The summed E-state index contributed by atoms with van der Waals surface area (Å²) in [5.74, 6) is 0.688. The van der Waals surface area contributed by atoms with Crippen molar-refractivity contribution in [2.24, 2.45) is 11.7 Å². The van der Waals surface area contributed by atoms with E-state index in [9.17, 15) is 4.79 Å². The van der Waals surface area contributed by atoms with Crippen LogP contribution in [0.15, 0.2) is 6.07 Å². The zero-order valence-electron chi connectivity index (χ0n) is 10.4. The van der Waals surface area contributed by atoms with E-state index < -0.39 is 0 Å². The van der Waals surface area contributed by atoms with Crippen molar-refractivity contribution in [2.75, 3.05) is 19.0 Å². The average Bonchev–Trinajstić information content (AvgIpc) is 2.27. The lowest BCUT2D eigenvalue weighted by Crippen LogP contribution is -2.21. The number of hydrogen-bond acceptors (Lipinski definition) is 5. The standard InChI is InChI=1S/C11H18N4O2/c1-7(6-12)4-9(16)14-11-13-8(2)5-10(15-11)17-3/h5,7H,4,6,12H2,1-3H3,(H,13,14,15,16). The molecule has 17 heavy (non-hydrogen) atoms. The molecule has 1 atom stereocenters. The molecule has 0 bridgehead atoms. The van der Waals surface area contributed by atoms with Crippen LogP contribution < -0.4 is 15.8 Å². The highest BCUT2D eigenvalue weighted by Gasteiger charge is 2.10. The van der Waals surface area contributed by atoms with Crippen LogP contribution in [-0.2, 0) is 4.79 Å². The molecule has 1 rings (SSSR count). The van der Waals surface area contributed by atoms with Crippen molar-refractivity contribution in [3.8, 4) is 5.88 Å². The van der Waals surface area contributed by atoms with Gasteiger partial charge in [0.15, 0.2) is 0 Å². The number of aromatic nitrogens is 2. The predicted molar refractivity (Wildman–Crippen MR) is 64.8 cm³/mol. The van der Waals surface area contributed by atoms with Crippen molar-refractivity contribution in [1.29, 1.82) is 0 Å². The molecule has 1 aromatic rings. The normalized spacial score (nSPS) is 12.0. The number of methoxy groups -OCH3 is 1. The second-order valence-electron chi connectivity index (χ2n) is 3.97. The van der Waals surface area contributed by atoms with Crippen molar-refractivity contribution >= 4 is 11.9 Å². The predicted octanol–water partition coefficient (Wildman–Crippen LogP) is 0.717. The first kappa shape index (κ1) is 13.4. The number of nitrogens with two attached hydrogens (primary N) is 1. The molecule has 0 saturated heterocycles. The fraction of sp³-hybridized carbons (Fsp3) is 0.545. The Kier molecular flexibility index (Phi) is 4.84. The zero-order valence-corrected chi connectivity index (χ0v) is 10.4. The summed E-state index contributed by atoms with van der Waals surface area (Å²) >= 11 is 0. The first-order chi connectivity index (χ1) is 8.05. The van der Waals surface area contributed by atoms with Crippen LogP contribution in [0.25, 0.3) is 0 Å². The molecular formula is C11H18N4O2. The van der Waals surface area contributed by atoms with E-state index in [1.165, 1.54) is 7.11 Å². The molecule has 0 fully saturated rings. The summed E-state index contributed by atoms with van der Waals surface area (Å²) in [6, 6.07) is 1.69.